The summed E-state index contributed by atoms with van der Waals surface area (Å²) in [6.45, 7) is 8.71. The van der Waals surface area contributed by atoms with Gasteiger partial charge in [0.05, 0.1) is 11.3 Å². The molecule has 0 N–H and O–H groups in total. The molecule has 2 aliphatic rings. The molecule has 5 heteroatoms. The fraction of sp³-hybridized carbons (Fsp3) is 0.476. The lowest BCUT2D eigenvalue weighted by Crippen LogP contribution is -2.30. The lowest BCUT2D eigenvalue weighted by atomic mass is 9.88. The van der Waals surface area contributed by atoms with Crippen LogP contribution in [0.5, 0.6) is 0 Å². The van der Waals surface area contributed by atoms with Gasteiger partial charge in [-0.3, -0.25) is 9.69 Å². The number of benzene rings is 1. The molecular weight excluding hydrogens is 324 g/mol. The smallest absolute Gasteiger partial charge is 0.225 e. The third-order valence-corrected chi connectivity index (χ3v) is 6.03. The van der Waals surface area contributed by atoms with Crippen LogP contribution in [0.1, 0.15) is 40.1 Å². The molecule has 2 saturated heterocycles. The van der Waals surface area contributed by atoms with Gasteiger partial charge in [0.25, 0.3) is 0 Å². The summed E-state index contributed by atoms with van der Waals surface area (Å²) in [6.07, 6.45) is 1.68. The first-order valence-corrected chi connectivity index (χ1v) is 9.31. The molecule has 2 aromatic rings. The summed E-state index contributed by atoms with van der Waals surface area (Å²) in [7, 11) is 2.24. The maximum Gasteiger partial charge on any atom is 0.225 e. The number of aryl methyl sites for hydroxylation is 2. The number of anilines is 1. The molecule has 136 valence electrons. The molecular formula is C21H26N4O. The zero-order valence-corrected chi connectivity index (χ0v) is 15.9. The van der Waals surface area contributed by atoms with Gasteiger partial charge in [-0.25, -0.2) is 9.97 Å². The molecule has 0 aliphatic carbocycles. The minimum Gasteiger partial charge on any atom is -0.340 e. The van der Waals surface area contributed by atoms with Crippen molar-refractivity contribution in [2.45, 2.75) is 26.8 Å². The Hall–Kier alpha value is -2.27. The van der Waals surface area contributed by atoms with Crippen LogP contribution in [0.25, 0.3) is 0 Å². The Balaban J connectivity index is 1.59. The molecule has 2 aliphatic heterocycles. The summed E-state index contributed by atoms with van der Waals surface area (Å²) < 4.78 is 0. The summed E-state index contributed by atoms with van der Waals surface area (Å²) in [5, 5.41) is 0. The van der Waals surface area contributed by atoms with Crippen molar-refractivity contribution in [3.63, 3.8) is 0 Å². The van der Waals surface area contributed by atoms with Crippen molar-refractivity contribution in [1.82, 2.24) is 14.9 Å². The Kier molecular flexibility index (Phi) is 4.27. The number of ketones is 1. The predicted octanol–water partition coefficient (Wildman–Crippen LogP) is 3.04. The monoisotopic (exact) mass is 350 g/mol. The highest BCUT2D eigenvalue weighted by Crippen LogP contribution is 2.45. The largest absolute Gasteiger partial charge is 0.340 e. The first-order valence-electron chi connectivity index (χ1n) is 9.31. The highest BCUT2D eigenvalue weighted by atomic mass is 16.1. The van der Waals surface area contributed by atoms with Crippen LogP contribution in [0.3, 0.4) is 0 Å². The van der Waals surface area contributed by atoms with E-state index in [-0.39, 0.29) is 5.78 Å². The van der Waals surface area contributed by atoms with Gasteiger partial charge in [0.2, 0.25) is 5.95 Å². The zero-order valence-electron chi connectivity index (χ0n) is 15.9. The van der Waals surface area contributed by atoms with Gasteiger partial charge in [0.15, 0.2) is 5.78 Å². The second kappa shape index (κ2) is 6.47. The Morgan fingerprint density at radius 3 is 2.62 bits per heavy atom. The zero-order chi connectivity index (χ0) is 18.4. The fourth-order valence-corrected chi connectivity index (χ4v) is 4.76. The average molecular weight is 350 g/mol. The molecule has 0 radical (unpaired) electrons. The molecule has 0 amide bonds. The molecule has 3 heterocycles. The van der Waals surface area contributed by atoms with Gasteiger partial charge in [-0.2, -0.15) is 0 Å². The van der Waals surface area contributed by atoms with Gasteiger partial charge in [-0.1, -0.05) is 24.3 Å². The molecule has 0 saturated carbocycles. The van der Waals surface area contributed by atoms with E-state index < -0.39 is 0 Å². The van der Waals surface area contributed by atoms with Crippen molar-refractivity contribution in [2.75, 3.05) is 31.6 Å². The fourth-order valence-electron chi connectivity index (χ4n) is 4.76. The van der Waals surface area contributed by atoms with Crippen LogP contribution < -0.4 is 4.90 Å². The number of carbonyl (C=O) groups excluding carboxylic acids is 1. The third-order valence-electron chi connectivity index (χ3n) is 6.03. The molecule has 26 heavy (non-hydrogen) atoms. The van der Waals surface area contributed by atoms with Crippen LogP contribution in [-0.2, 0) is 0 Å². The number of hydrogen-bond donors (Lipinski definition) is 0. The Morgan fingerprint density at radius 2 is 1.92 bits per heavy atom. The second-order valence-corrected chi connectivity index (χ2v) is 7.80. The maximum absolute atomic E-state index is 11.6. The van der Waals surface area contributed by atoms with Crippen LogP contribution in [0.15, 0.2) is 30.5 Å². The van der Waals surface area contributed by atoms with Crippen LogP contribution in [0, 0.1) is 25.7 Å². The van der Waals surface area contributed by atoms with Gasteiger partial charge < -0.3 is 4.90 Å². The minimum atomic E-state index is 0.0218. The van der Waals surface area contributed by atoms with Crippen LogP contribution in [0.4, 0.5) is 5.95 Å². The normalized spacial score (nSPS) is 25.5. The van der Waals surface area contributed by atoms with Gasteiger partial charge in [-0.15, -0.1) is 0 Å². The van der Waals surface area contributed by atoms with Gasteiger partial charge in [0, 0.05) is 37.8 Å². The van der Waals surface area contributed by atoms with E-state index >= 15 is 0 Å². The summed E-state index contributed by atoms with van der Waals surface area (Å²) in [6, 6.07) is 9.17. The van der Waals surface area contributed by atoms with E-state index in [9.17, 15) is 4.79 Å². The third kappa shape index (κ3) is 2.80. The lowest BCUT2D eigenvalue weighted by molar-refractivity contribution is 0.101. The Labute approximate surface area is 155 Å². The maximum atomic E-state index is 11.6. The summed E-state index contributed by atoms with van der Waals surface area (Å²) in [4.78, 5) is 25.5. The molecule has 4 rings (SSSR count). The van der Waals surface area contributed by atoms with Crippen molar-refractivity contribution in [3.05, 3.63) is 52.8 Å². The van der Waals surface area contributed by atoms with Crippen molar-refractivity contribution in [1.29, 1.82) is 0 Å². The van der Waals surface area contributed by atoms with E-state index in [0.29, 0.717) is 23.4 Å². The molecule has 1 aromatic carbocycles. The van der Waals surface area contributed by atoms with Crippen molar-refractivity contribution >= 4 is 11.7 Å². The number of likely N-dealkylation sites (tertiary alicyclic amines) is 1. The highest BCUT2D eigenvalue weighted by molar-refractivity contribution is 5.94. The van der Waals surface area contributed by atoms with E-state index in [2.05, 4.69) is 58.0 Å². The predicted molar refractivity (Wildman–Crippen MR) is 103 cm³/mol. The number of nitrogens with zero attached hydrogens (tertiary/aromatic N) is 4. The number of aromatic nitrogens is 2. The molecule has 0 spiro atoms. The van der Waals surface area contributed by atoms with Gasteiger partial charge >= 0.3 is 0 Å². The second-order valence-electron chi connectivity index (χ2n) is 7.80. The van der Waals surface area contributed by atoms with Crippen molar-refractivity contribution in [3.8, 4) is 0 Å². The van der Waals surface area contributed by atoms with Gasteiger partial charge in [-0.05, 0) is 44.9 Å². The molecule has 1 aromatic heterocycles. The average Bonchev–Trinajstić information content (AvgIpc) is 3.12. The standard InChI is InChI=1S/C21H26N4O/c1-13-7-5-6-8-17(13)20-19-12-25(11-16(19)10-24(20)4)21-22-9-18(15(3)26)14(2)23-21/h5-9,16,19-20H,10-12H2,1-4H3/t16-,19+,20-/m0/s1. The number of rotatable bonds is 3. The number of fused-ring (bicyclic) bond motifs is 1. The summed E-state index contributed by atoms with van der Waals surface area (Å²) >= 11 is 0. The number of hydrogen-bond acceptors (Lipinski definition) is 5. The van der Waals surface area contributed by atoms with Crippen LogP contribution in [0.2, 0.25) is 0 Å². The molecule has 2 fully saturated rings. The van der Waals surface area contributed by atoms with Crippen molar-refractivity contribution < 1.29 is 4.79 Å². The molecule has 5 nitrogen and oxygen atoms in total. The van der Waals surface area contributed by atoms with E-state index in [1.165, 1.54) is 11.1 Å². The quantitative estimate of drug-likeness (QED) is 0.797. The van der Waals surface area contributed by atoms with E-state index in [1.54, 1.807) is 13.1 Å². The summed E-state index contributed by atoms with van der Waals surface area (Å²) in [5.74, 6) is 1.99. The van der Waals surface area contributed by atoms with E-state index in [4.69, 9.17) is 0 Å². The van der Waals surface area contributed by atoms with Gasteiger partial charge in [0.1, 0.15) is 0 Å². The Morgan fingerprint density at radius 1 is 1.15 bits per heavy atom. The molecule has 3 atom stereocenters. The first kappa shape index (κ1) is 17.2. The molecule has 0 unspecified atom stereocenters. The van der Waals surface area contributed by atoms with Crippen LogP contribution in [-0.4, -0.2) is 47.3 Å². The SMILES string of the molecule is CC(=O)c1cnc(N2C[C@@H]3CN(C)[C@@H](c4ccccc4C)[C@@H]3C2)nc1C. The van der Waals surface area contributed by atoms with Crippen molar-refractivity contribution in [2.24, 2.45) is 11.8 Å². The highest BCUT2D eigenvalue weighted by Gasteiger charge is 2.47. The summed E-state index contributed by atoms with van der Waals surface area (Å²) in [5.41, 5.74) is 4.19. The topological polar surface area (TPSA) is 49.3 Å². The van der Waals surface area contributed by atoms with E-state index in [0.717, 1.165) is 31.3 Å². The minimum absolute atomic E-state index is 0.0218. The van der Waals surface area contributed by atoms with E-state index in [1.807, 2.05) is 6.92 Å². The first-order chi connectivity index (χ1) is 12.5. The van der Waals surface area contributed by atoms with Crippen LogP contribution >= 0.6 is 0 Å². The Bertz CT molecular complexity index is 850. The lowest BCUT2D eigenvalue weighted by Gasteiger charge is -2.28. The molecule has 0 bridgehead atoms. The number of Topliss-reactive ketones (excluding diaryl/α,β-unsaturated/α-hetero) is 1. The number of carbonyl (C=O) groups is 1.